The summed E-state index contributed by atoms with van der Waals surface area (Å²) in [5.74, 6) is 0. The summed E-state index contributed by atoms with van der Waals surface area (Å²) in [6.07, 6.45) is 8.78. The summed E-state index contributed by atoms with van der Waals surface area (Å²) < 4.78 is 0.525. The van der Waals surface area contributed by atoms with Crippen LogP contribution in [0.5, 0.6) is 0 Å². The van der Waals surface area contributed by atoms with Crippen molar-refractivity contribution in [1.82, 2.24) is 10.2 Å². The molecule has 6 rings (SSSR count). The molecule has 4 aliphatic heterocycles. The van der Waals surface area contributed by atoms with Gasteiger partial charge in [0.05, 0.1) is 5.54 Å². The average molecular weight is 688 g/mol. The fourth-order valence-electron chi connectivity index (χ4n) is 7.12. The van der Waals surface area contributed by atoms with Crippen LogP contribution in [0.15, 0.2) is 36.4 Å². The van der Waals surface area contributed by atoms with Crippen molar-refractivity contribution in [2.45, 2.75) is 81.2 Å². The Morgan fingerprint density at radius 1 is 0.838 bits per heavy atom. The third kappa shape index (κ3) is 5.63. The number of hydrogen-bond acceptors (Lipinski definition) is 4. The van der Waals surface area contributed by atoms with Gasteiger partial charge in [-0.15, -0.1) is 0 Å². The maximum absolute atomic E-state index is 3.56. The van der Waals surface area contributed by atoms with Crippen LogP contribution in [-0.4, -0.2) is 59.3 Å². The van der Waals surface area contributed by atoms with Gasteiger partial charge in [0, 0.05) is 18.8 Å². The summed E-state index contributed by atoms with van der Waals surface area (Å²) in [4.78, 5) is 8.05. The maximum atomic E-state index is 3.56. The van der Waals surface area contributed by atoms with Gasteiger partial charge < -0.3 is 9.80 Å². The molecule has 2 fully saturated rings. The van der Waals surface area contributed by atoms with Crippen LogP contribution in [0.4, 0.5) is 11.4 Å². The number of likely N-dealkylation sites (tertiary alicyclic amines) is 1. The SMILES string of the molecule is CCc1ccc2c(c1)N(C1(C)CCCN(CC)C1)CC2.CCc1ccc2c(c1)N([C]1([Hg])CCNC1)CC2. The first-order valence-corrected chi connectivity index (χ1v) is 17.7. The van der Waals surface area contributed by atoms with Crippen molar-refractivity contribution in [3.05, 3.63) is 58.7 Å². The molecule has 0 spiro atoms. The van der Waals surface area contributed by atoms with E-state index in [0.717, 1.165) is 39.0 Å². The van der Waals surface area contributed by atoms with Crippen LogP contribution in [0.1, 0.15) is 69.2 Å². The van der Waals surface area contributed by atoms with E-state index in [2.05, 4.69) is 84.1 Å². The van der Waals surface area contributed by atoms with E-state index in [4.69, 9.17) is 0 Å². The summed E-state index contributed by atoms with van der Waals surface area (Å²) in [6, 6.07) is 14.2. The molecule has 2 unspecified atom stereocenters. The Morgan fingerprint density at radius 3 is 2.03 bits per heavy atom. The van der Waals surface area contributed by atoms with E-state index in [1.54, 1.807) is 16.8 Å². The molecule has 1 N–H and O–H groups in total. The summed E-state index contributed by atoms with van der Waals surface area (Å²) in [5, 5.41) is 3.56. The minimum absolute atomic E-state index is 0.325. The summed E-state index contributed by atoms with van der Waals surface area (Å²) in [6.45, 7) is 17.8. The van der Waals surface area contributed by atoms with E-state index in [0.29, 0.717) is 8.59 Å². The Balaban J connectivity index is 0.000000153. The van der Waals surface area contributed by atoms with Crippen molar-refractivity contribution in [1.29, 1.82) is 0 Å². The van der Waals surface area contributed by atoms with Gasteiger partial charge in [-0.1, -0.05) is 26.0 Å². The van der Waals surface area contributed by atoms with Gasteiger partial charge in [-0.05, 0) is 62.9 Å². The van der Waals surface area contributed by atoms with Gasteiger partial charge in [0.1, 0.15) is 0 Å². The number of nitrogens with zero attached hydrogens (tertiary/aromatic N) is 3. The number of nitrogens with one attached hydrogen (secondary N) is 1. The van der Waals surface area contributed by atoms with E-state index >= 15 is 0 Å². The van der Waals surface area contributed by atoms with Gasteiger partial charge >= 0.3 is 120 Å². The number of aryl methyl sites for hydroxylation is 2. The zero-order valence-corrected chi connectivity index (χ0v) is 29.4. The predicted molar refractivity (Wildman–Crippen MR) is 154 cm³/mol. The van der Waals surface area contributed by atoms with Crippen molar-refractivity contribution >= 4 is 11.4 Å². The molecule has 4 nitrogen and oxygen atoms in total. The van der Waals surface area contributed by atoms with Gasteiger partial charge in [0.25, 0.3) is 0 Å². The van der Waals surface area contributed by atoms with Crippen LogP contribution in [0.2, 0.25) is 0 Å². The Bertz CT molecular complexity index is 1080. The summed E-state index contributed by atoms with van der Waals surface area (Å²) >= 11 is 0.797. The third-order valence-electron chi connectivity index (χ3n) is 9.55. The van der Waals surface area contributed by atoms with E-state index in [9.17, 15) is 0 Å². The first kappa shape index (κ1) is 27.5. The zero-order valence-electron chi connectivity index (χ0n) is 23.9. The molecule has 2 aromatic carbocycles. The Kier molecular flexibility index (Phi) is 8.58. The first-order chi connectivity index (χ1) is 17.9. The standard InChI is InChI=1S/C18H28N2.C14H19N2.Hg/c1-4-15-7-8-16-9-12-20(17(16)13-15)18(3)10-6-11-19(5-2)14-18;1-2-11-3-4-12-6-8-16(14(12)9-11)13-5-7-15-10-13;/h7-8,13H,4-6,9-12,14H2,1-3H3;3-4,9,15H,2,5-8,10H2,1H3;. The normalized spacial score (nSPS) is 27.2. The molecule has 2 saturated heterocycles. The van der Waals surface area contributed by atoms with Crippen molar-refractivity contribution in [2.24, 2.45) is 0 Å². The van der Waals surface area contributed by atoms with Crippen LogP contribution in [-0.2, 0) is 51.8 Å². The monoisotopic (exact) mass is 689 g/mol. The minimum atomic E-state index is 0.325. The predicted octanol–water partition coefficient (Wildman–Crippen LogP) is 5.33. The van der Waals surface area contributed by atoms with Gasteiger partial charge in [-0.25, -0.2) is 0 Å². The van der Waals surface area contributed by atoms with Gasteiger partial charge in [0.2, 0.25) is 0 Å². The van der Waals surface area contributed by atoms with Gasteiger partial charge in [0.15, 0.2) is 0 Å². The number of hydrogen-bond donors (Lipinski definition) is 1. The van der Waals surface area contributed by atoms with E-state index in [-0.39, 0.29) is 0 Å². The summed E-state index contributed by atoms with van der Waals surface area (Å²) in [7, 11) is 0. The number of likely N-dealkylation sites (N-methyl/N-ethyl adjacent to an activating group) is 1. The molecule has 0 aliphatic carbocycles. The molecule has 0 aromatic heterocycles. The van der Waals surface area contributed by atoms with E-state index in [1.165, 1.54) is 94.7 Å². The second-order valence-electron chi connectivity index (χ2n) is 12.1. The molecule has 37 heavy (non-hydrogen) atoms. The van der Waals surface area contributed by atoms with Crippen LogP contribution >= 0.6 is 0 Å². The first-order valence-electron chi connectivity index (χ1n) is 15.0. The Hall–Kier alpha value is -1.10. The average Bonchev–Trinajstić information content (AvgIpc) is 3.66. The van der Waals surface area contributed by atoms with Gasteiger partial charge in [-0.2, -0.15) is 0 Å². The van der Waals surface area contributed by atoms with Crippen LogP contribution in [0.3, 0.4) is 0 Å². The quantitative estimate of drug-likeness (QED) is 0.429. The molecule has 2 aromatic rings. The fraction of sp³-hybridized carbons (Fsp3) is 0.625. The molecule has 0 radical (unpaired) electrons. The van der Waals surface area contributed by atoms with Crippen molar-refractivity contribution in [3.8, 4) is 0 Å². The molecule has 2 atom stereocenters. The topological polar surface area (TPSA) is 21.8 Å². The molecule has 0 bridgehead atoms. The van der Waals surface area contributed by atoms with Crippen LogP contribution in [0, 0.1) is 0 Å². The Morgan fingerprint density at radius 2 is 1.46 bits per heavy atom. The third-order valence-corrected chi connectivity index (χ3v) is 13.4. The second-order valence-corrected chi connectivity index (χ2v) is 17.2. The van der Waals surface area contributed by atoms with Crippen LogP contribution in [0.25, 0.3) is 0 Å². The molecule has 5 heteroatoms. The summed E-state index contributed by atoms with van der Waals surface area (Å²) in [5.41, 5.74) is 9.47. The van der Waals surface area contributed by atoms with Crippen molar-refractivity contribution in [2.75, 3.05) is 55.6 Å². The second kappa shape index (κ2) is 11.6. The van der Waals surface area contributed by atoms with Crippen molar-refractivity contribution < 1.29 is 26.1 Å². The molecule has 4 heterocycles. The number of anilines is 2. The molecule has 197 valence electrons. The number of rotatable bonds is 5. The molecular weight excluding hydrogens is 641 g/mol. The molecule has 0 saturated carbocycles. The molecule has 4 aliphatic rings. The van der Waals surface area contributed by atoms with Crippen molar-refractivity contribution in [3.63, 3.8) is 0 Å². The molecule has 0 amide bonds. The van der Waals surface area contributed by atoms with Crippen LogP contribution < -0.4 is 15.1 Å². The molecular formula is C32H47HgN4. The van der Waals surface area contributed by atoms with E-state index in [1.807, 2.05) is 0 Å². The Labute approximate surface area is 242 Å². The van der Waals surface area contributed by atoms with Gasteiger partial charge in [-0.3, -0.25) is 0 Å². The number of benzene rings is 2. The fourth-order valence-corrected chi connectivity index (χ4v) is 9.77. The van der Waals surface area contributed by atoms with E-state index < -0.39 is 0 Å². The number of fused-ring (bicyclic) bond motifs is 2. The number of piperidine rings is 1. The zero-order chi connectivity index (χ0) is 26.0.